The molecule has 1 amide bonds. The molecule has 4 N–H and O–H groups in total. The molecule has 0 saturated heterocycles. The highest BCUT2D eigenvalue weighted by Gasteiger charge is 2.38. The van der Waals surface area contributed by atoms with E-state index in [1.54, 1.807) is 30.3 Å². The first kappa shape index (κ1) is 21.6. The van der Waals surface area contributed by atoms with Gasteiger partial charge in [0.15, 0.2) is 0 Å². The van der Waals surface area contributed by atoms with E-state index in [2.05, 4.69) is 26.1 Å². The molecule has 8 heteroatoms. The van der Waals surface area contributed by atoms with Crippen molar-refractivity contribution in [3.63, 3.8) is 0 Å². The lowest BCUT2D eigenvalue weighted by Crippen LogP contribution is -2.45. The van der Waals surface area contributed by atoms with Crippen LogP contribution in [-0.2, 0) is 10.0 Å². The van der Waals surface area contributed by atoms with E-state index in [1.807, 2.05) is 49.5 Å². The van der Waals surface area contributed by atoms with Gasteiger partial charge in [0.25, 0.3) is 5.91 Å². The summed E-state index contributed by atoms with van der Waals surface area (Å²) in [7, 11) is -3.84. The molecular weight excluding hydrogens is 460 g/mol. The van der Waals surface area contributed by atoms with E-state index in [9.17, 15) is 13.2 Å². The predicted molar refractivity (Wildman–Crippen MR) is 136 cm³/mol. The van der Waals surface area contributed by atoms with Crippen molar-refractivity contribution in [2.24, 2.45) is 0 Å². The van der Waals surface area contributed by atoms with Crippen LogP contribution in [0.1, 0.15) is 33.1 Å². The van der Waals surface area contributed by atoms with Crippen molar-refractivity contribution in [1.82, 2.24) is 20.0 Å². The Kier molecular flexibility index (Phi) is 5.01. The summed E-state index contributed by atoms with van der Waals surface area (Å²) in [6.45, 7) is 2.17. The molecule has 5 aromatic rings. The molecule has 176 valence electrons. The summed E-state index contributed by atoms with van der Waals surface area (Å²) in [5, 5.41) is 4.83. The van der Waals surface area contributed by atoms with Crippen LogP contribution in [0, 0.1) is 6.92 Å². The number of carbonyl (C=O) groups excluding carboxylic acids is 1. The second-order valence-electron chi connectivity index (χ2n) is 8.98. The molecular formula is C27H24N4O3S. The molecule has 0 unspecified atom stereocenters. The van der Waals surface area contributed by atoms with Crippen molar-refractivity contribution in [2.75, 3.05) is 6.54 Å². The zero-order chi connectivity index (χ0) is 24.2. The van der Waals surface area contributed by atoms with Crippen LogP contribution >= 0.6 is 0 Å². The number of rotatable bonds is 4. The number of hydrogen-bond acceptors (Lipinski definition) is 3. The molecule has 7 nitrogen and oxygen atoms in total. The highest BCUT2D eigenvalue weighted by atomic mass is 32.2. The Labute approximate surface area is 202 Å². The number of aryl methyl sites for hydroxylation is 1. The van der Waals surface area contributed by atoms with E-state index in [0.29, 0.717) is 5.69 Å². The highest BCUT2D eigenvalue weighted by molar-refractivity contribution is 7.89. The third kappa shape index (κ3) is 3.62. The van der Waals surface area contributed by atoms with E-state index in [0.717, 1.165) is 38.5 Å². The normalized spacial score (nSPS) is 18.4. The number of sulfonamides is 1. The maximum absolute atomic E-state index is 13.4. The van der Waals surface area contributed by atoms with Gasteiger partial charge in [-0.05, 0) is 48.4 Å². The van der Waals surface area contributed by atoms with Gasteiger partial charge in [0.1, 0.15) is 5.69 Å². The molecule has 3 aromatic carbocycles. The van der Waals surface area contributed by atoms with Crippen LogP contribution in [0.2, 0.25) is 0 Å². The summed E-state index contributed by atoms with van der Waals surface area (Å²) in [5.41, 5.74) is 5.08. The van der Waals surface area contributed by atoms with Gasteiger partial charge in [-0.3, -0.25) is 4.79 Å². The predicted octanol–water partition coefficient (Wildman–Crippen LogP) is 4.18. The SMILES string of the molecule is Cc1ccc2[nH]cc([C@@H]3c4c([nH]c5ccccc45)C(=O)NC[C@H]3NS(=O)(=O)c3ccccc3)c2c1. The van der Waals surface area contributed by atoms with E-state index in [-0.39, 0.29) is 17.3 Å². The van der Waals surface area contributed by atoms with Gasteiger partial charge in [-0.1, -0.05) is 48.0 Å². The molecule has 0 fully saturated rings. The number of H-pyrrole nitrogens is 2. The quantitative estimate of drug-likeness (QED) is 0.307. The number of amides is 1. The van der Waals surface area contributed by atoms with Gasteiger partial charge >= 0.3 is 0 Å². The average Bonchev–Trinajstić information content (AvgIpc) is 3.42. The molecule has 2 atom stereocenters. The number of fused-ring (bicyclic) bond motifs is 4. The van der Waals surface area contributed by atoms with Crippen LogP contribution in [0.25, 0.3) is 21.8 Å². The summed E-state index contributed by atoms with van der Waals surface area (Å²) in [6, 6.07) is 21.6. The Morgan fingerprint density at radius 3 is 2.51 bits per heavy atom. The number of aromatic nitrogens is 2. The summed E-state index contributed by atoms with van der Waals surface area (Å²) < 4.78 is 29.7. The molecule has 6 rings (SSSR count). The maximum Gasteiger partial charge on any atom is 0.268 e. The van der Waals surface area contributed by atoms with Gasteiger partial charge in [-0.15, -0.1) is 0 Å². The molecule has 0 spiro atoms. The lowest BCUT2D eigenvalue weighted by Gasteiger charge is -2.26. The summed E-state index contributed by atoms with van der Waals surface area (Å²) >= 11 is 0. The van der Waals surface area contributed by atoms with Crippen LogP contribution < -0.4 is 10.0 Å². The Morgan fingerprint density at radius 2 is 1.69 bits per heavy atom. The minimum atomic E-state index is -3.84. The topological polar surface area (TPSA) is 107 Å². The fourth-order valence-corrected chi connectivity index (χ4v) is 6.41. The molecule has 1 aliphatic rings. The molecule has 0 radical (unpaired) electrons. The van der Waals surface area contributed by atoms with Gasteiger partial charge in [-0.2, -0.15) is 0 Å². The van der Waals surface area contributed by atoms with E-state index in [1.165, 1.54) is 0 Å². The molecule has 0 bridgehead atoms. The number of carbonyl (C=O) groups is 1. The molecule has 2 aromatic heterocycles. The van der Waals surface area contributed by atoms with Crippen molar-refractivity contribution >= 4 is 37.7 Å². The number of para-hydroxylation sites is 1. The highest BCUT2D eigenvalue weighted by Crippen LogP contribution is 2.40. The first-order valence-electron chi connectivity index (χ1n) is 11.5. The Bertz CT molecular complexity index is 1690. The van der Waals surface area contributed by atoms with Crippen LogP contribution in [0.15, 0.2) is 83.9 Å². The average molecular weight is 485 g/mol. The zero-order valence-electron chi connectivity index (χ0n) is 19.0. The van der Waals surface area contributed by atoms with Crippen LogP contribution in [0.4, 0.5) is 0 Å². The molecule has 0 saturated carbocycles. The third-order valence-corrected chi connectivity index (χ3v) is 8.24. The van der Waals surface area contributed by atoms with Gasteiger partial charge in [-0.25, -0.2) is 13.1 Å². The van der Waals surface area contributed by atoms with Gasteiger partial charge < -0.3 is 15.3 Å². The molecule has 0 aliphatic carbocycles. The van der Waals surface area contributed by atoms with E-state index < -0.39 is 22.0 Å². The van der Waals surface area contributed by atoms with Crippen molar-refractivity contribution in [3.8, 4) is 0 Å². The Hall–Kier alpha value is -3.88. The zero-order valence-corrected chi connectivity index (χ0v) is 19.8. The fraction of sp³-hybridized carbons (Fsp3) is 0.148. The van der Waals surface area contributed by atoms with Gasteiger partial charge in [0.05, 0.1) is 10.9 Å². The number of benzene rings is 3. The van der Waals surface area contributed by atoms with Crippen molar-refractivity contribution in [2.45, 2.75) is 23.8 Å². The lowest BCUT2D eigenvalue weighted by molar-refractivity contribution is 0.0950. The van der Waals surface area contributed by atoms with E-state index >= 15 is 0 Å². The molecule has 3 heterocycles. The minimum Gasteiger partial charge on any atom is -0.361 e. The van der Waals surface area contributed by atoms with Crippen molar-refractivity contribution < 1.29 is 13.2 Å². The van der Waals surface area contributed by atoms with Gasteiger partial charge in [0.2, 0.25) is 10.0 Å². The summed E-state index contributed by atoms with van der Waals surface area (Å²) in [6.07, 6.45) is 1.93. The number of aromatic amines is 2. The second-order valence-corrected chi connectivity index (χ2v) is 10.7. The smallest absolute Gasteiger partial charge is 0.268 e. The van der Waals surface area contributed by atoms with Crippen molar-refractivity contribution in [3.05, 3.63) is 101 Å². The first-order chi connectivity index (χ1) is 16.9. The Balaban J connectivity index is 1.59. The molecule has 35 heavy (non-hydrogen) atoms. The van der Waals surface area contributed by atoms with E-state index in [4.69, 9.17) is 0 Å². The lowest BCUT2D eigenvalue weighted by atomic mass is 9.84. The largest absolute Gasteiger partial charge is 0.361 e. The minimum absolute atomic E-state index is 0.144. The maximum atomic E-state index is 13.4. The standard InChI is InChI=1S/C27H24N4O3S/c1-16-11-12-21-19(13-16)20(14-28-21)24-23(31-35(33,34)17-7-3-2-4-8-17)15-29-27(32)26-25(24)18-9-5-6-10-22(18)30-26/h2-14,23-24,28,30-31H,15H2,1H3,(H,29,32)/t23-,24+/m1/s1. The Morgan fingerprint density at radius 1 is 0.914 bits per heavy atom. The third-order valence-electron chi connectivity index (χ3n) is 6.73. The van der Waals surface area contributed by atoms with Gasteiger partial charge in [0, 0.05) is 40.5 Å². The fourth-order valence-electron chi connectivity index (χ4n) is 5.14. The number of nitrogens with one attached hydrogen (secondary N) is 4. The summed E-state index contributed by atoms with van der Waals surface area (Å²) in [5.74, 6) is -0.673. The molecule has 1 aliphatic heterocycles. The second kappa shape index (κ2) is 8.11. The van der Waals surface area contributed by atoms with Crippen LogP contribution in [-0.4, -0.2) is 36.9 Å². The summed E-state index contributed by atoms with van der Waals surface area (Å²) in [4.78, 5) is 20.0. The number of hydrogen-bond donors (Lipinski definition) is 4. The van der Waals surface area contributed by atoms with Crippen molar-refractivity contribution in [1.29, 1.82) is 0 Å². The van der Waals surface area contributed by atoms with Crippen LogP contribution in [0.3, 0.4) is 0 Å². The first-order valence-corrected chi connectivity index (χ1v) is 12.9. The van der Waals surface area contributed by atoms with Crippen LogP contribution in [0.5, 0.6) is 0 Å². The monoisotopic (exact) mass is 484 g/mol.